The minimum atomic E-state index is 1.10. The van der Waals surface area contributed by atoms with Crippen molar-refractivity contribution in [1.82, 2.24) is 0 Å². The molecule has 0 fully saturated rings. The molecule has 1 aromatic rings. The quantitative estimate of drug-likeness (QED) is 0.557. The summed E-state index contributed by atoms with van der Waals surface area (Å²) < 4.78 is 1.43. The molecule has 0 atom stereocenters. The van der Waals surface area contributed by atoms with Gasteiger partial charge in [0.05, 0.1) is 0 Å². The molecule has 1 aromatic heterocycles. The summed E-state index contributed by atoms with van der Waals surface area (Å²) in [5, 5.41) is 3.62. The van der Waals surface area contributed by atoms with Gasteiger partial charge in [0.15, 0.2) is 0 Å². The predicted octanol–water partition coefficient (Wildman–Crippen LogP) is 1.58. The third-order valence-corrected chi connectivity index (χ3v) is 3.25. The molecule has 0 saturated carbocycles. The summed E-state index contributed by atoms with van der Waals surface area (Å²) in [5.74, 6) is 0. The van der Waals surface area contributed by atoms with E-state index in [-0.39, 0.29) is 0 Å². The minimum absolute atomic E-state index is 1.10. The Morgan fingerprint density at radius 3 is 3.33 bits per heavy atom. The van der Waals surface area contributed by atoms with Crippen molar-refractivity contribution in [3.05, 3.63) is 45.0 Å². The highest BCUT2D eigenvalue weighted by atomic mass is 32.1. The van der Waals surface area contributed by atoms with E-state index in [4.69, 9.17) is 0 Å². The van der Waals surface area contributed by atoms with Crippen LogP contribution in [0.25, 0.3) is 11.6 Å². The van der Waals surface area contributed by atoms with Crippen molar-refractivity contribution in [2.75, 3.05) is 0 Å². The van der Waals surface area contributed by atoms with Crippen LogP contribution in [0.1, 0.15) is 6.42 Å². The Morgan fingerprint density at radius 2 is 2.33 bits per heavy atom. The van der Waals surface area contributed by atoms with Gasteiger partial charge in [-0.3, -0.25) is 0 Å². The molecule has 0 nitrogen and oxygen atoms in total. The summed E-state index contributed by atoms with van der Waals surface area (Å²) >= 11 is 1.83. The second kappa shape index (κ2) is 2.20. The van der Waals surface area contributed by atoms with Crippen LogP contribution < -0.4 is 9.75 Å². The maximum atomic E-state index is 2.29. The lowest BCUT2D eigenvalue weighted by Crippen LogP contribution is -2.15. The first kappa shape index (κ1) is 6.44. The van der Waals surface area contributed by atoms with Crippen LogP contribution in [0.2, 0.25) is 0 Å². The third-order valence-electron chi connectivity index (χ3n) is 2.39. The molecule has 0 unspecified atom stereocenters. The van der Waals surface area contributed by atoms with E-state index in [1.165, 1.54) is 20.9 Å². The first-order chi connectivity index (χ1) is 5.95. The van der Waals surface area contributed by atoms with Crippen molar-refractivity contribution < 1.29 is 0 Å². The van der Waals surface area contributed by atoms with E-state index in [0.717, 1.165) is 6.42 Å². The molecule has 2 aliphatic carbocycles. The maximum Gasteiger partial charge on any atom is 0.0351 e. The average Bonchev–Trinajstić information content (AvgIpc) is 2.62. The van der Waals surface area contributed by atoms with Gasteiger partial charge in [0, 0.05) is 4.53 Å². The fourth-order valence-corrected chi connectivity index (χ4v) is 2.66. The van der Waals surface area contributed by atoms with E-state index < -0.39 is 0 Å². The lowest BCUT2D eigenvalue weighted by molar-refractivity contribution is 1.37. The van der Waals surface area contributed by atoms with Crippen molar-refractivity contribution in [2.45, 2.75) is 6.42 Å². The summed E-state index contributed by atoms with van der Waals surface area (Å²) in [6.45, 7) is 0. The first-order valence-corrected chi connectivity index (χ1v) is 4.99. The number of allylic oxidation sites excluding steroid dienone is 4. The van der Waals surface area contributed by atoms with Gasteiger partial charge in [0.2, 0.25) is 0 Å². The molecule has 58 valence electrons. The van der Waals surface area contributed by atoms with Crippen LogP contribution in [0.15, 0.2) is 35.2 Å². The molecule has 12 heavy (non-hydrogen) atoms. The van der Waals surface area contributed by atoms with Gasteiger partial charge in [0.1, 0.15) is 0 Å². The lowest BCUT2D eigenvalue weighted by atomic mass is 10.0. The predicted molar refractivity (Wildman–Crippen MR) is 53.3 cm³/mol. The molecular formula is C11H8S. The molecule has 0 aromatic carbocycles. The summed E-state index contributed by atoms with van der Waals surface area (Å²) in [6, 6.07) is 2.23. The highest BCUT2D eigenvalue weighted by molar-refractivity contribution is 7.07. The van der Waals surface area contributed by atoms with Crippen LogP contribution in [0.5, 0.6) is 0 Å². The maximum absolute atomic E-state index is 2.29. The SMILES string of the molecule is C1=CCC2=c3ccsc3=CC2=C1. The summed E-state index contributed by atoms with van der Waals surface area (Å²) in [7, 11) is 0. The van der Waals surface area contributed by atoms with Crippen LogP contribution in [-0.4, -0.2) is 0 Å². The highest BCUT2D eigenvalue weighted by Crippen LogP contribution is 2.22. The van der Waals surface area contributed by atoms with Gasteiger partial charge in [0.25, 0.3) is 0 Å². The summed E-state index contributed by atoms with van der Waals surface area (Å²) in [4.78, 5) is 0. The van der Waals surface area contributed by atoms with E-state index in [1.807, 2.05) is 11.3 Å². The van der Waals surface area contributed by atoms with Crippen molar-refractivity contribution in [2.24, 2.45) is 0 Å². The second-order valence-corrected chi connectivity index (χ2v) is 4.02. The Labute approximate surface area is 74.9 Å². The van der Waals surface area contributed by atoms with E-state index in [2.05, 4.69) is 35.8 Å². The largest absolute Gasteiger partial charge is 0.144 e. The van der Waals surface area contributed by atoms with Crippen molar-refractivity contribution in [3.8, 4) is 0 Å². The Balaban J connectivity index is 2.47. The van der Waals surface area contributed by atoms with Crippen molar-refractivity contribution in [1.29, 1.82) is 0 Å². The van der Waals surface area contributed by atoms with Gasteiger partial charge in [-0.25, -0.2) is 0 Å². The molecule has 0 N–H and O–H groups in total. The fourth-order valence-electron chi connectivity index (χ4n) is 1.80. The zero-order chi connectivity index (χ0) is 7.97. The van der Waals surface area contributed by atoms with Gasteiger partial charge >= 0.3 is 0 Å². The highest BCUT2D eigenvalue weighted by Gasteiger charge is 2.11. The topological polar surface area (TPSA) is 0 Å². The monoisotopic (exact) mass is 172 g/mol. The van der Waals surface area contributed by atoms with E-state index in [9.17, 15) is 0 Å². The second-order valence-electron chi connectivity index (χ2n) is 3.08. The van der Waals surface area contributed by atoms with E-state index in [0.29, 0.717) is 0 Å². The van der Waals surface area contributed by atoms with Crippen LogP contribution in [0, 0.1) is 0 Å². The van der Waals surface area contributed by atoms with Gasteiger partial charge in [-0.05, 0) is 40.3 Å². The fraction of sp³-hybridized carbons (Fsp3) is 0.0909. The van der Waals surface area contributed by atoms with Crippen LogP contribution in [0.4, 0.5) is 0 Å². The number of fused-ring (bicyclic) bond motifs is 2. The third kappa shape index (κ3) is 0.718. The van der Waals surface area contributed by atoms with Gasteiger partial charge in [-0.15, -0.1) is 11.3 Å². The number of hydrogen-bond acceptors (Lipinski definition) is 1. The molecule has 0 bridgehead atoms. The minimum Gasteiger partial charge on any atom is -0.144 e. The molecule has 0 amide bonds. The zero-order valence-corrected chi connectivity index (χ0v) is 7.40. The van der Waals surface area contributed by atoms with E-state index >= 15 is 0 Å². The molecule has 3 rings (SSSR count). The van der Waals surface area contributed by atoms with Gasteiger partial charge in [-0.2, -0.15) is 0 Å². The van der Waals surface area contributed by atoms with Crippen LogP contribution in [-0.2, 0) is 0 Å². The molecule has 0 saturated heterocycles. The Kier molecular flexibility index (Phi) is 1.18. The smallest absolute Gasteiger partial charge is 0.0351 e. The van der Waals surface area contributed by atoms with Gasteiger partial charge < -0.3 is 0 Å². The molecule has 0 aliphatic heterocycles. The molecule has 1 heterocycles. The molecule has 2 aliphatic rings. The van der Waals surface area contributed by atoms with E-state index in [1.54, 1.807) is 0 Å². The zero-order valence-electron chi connectivity index (χ0n) is 6.58. The first-order valence-electron chi connectivity index (χ1n) is 4.11. The summed E-state index contributed by atoms with van der Waals surface area (Å²) in [5.41, 5.74) is 2.92. The van der Waals surface area contributed by atoms with Gasteiger partial charge in [-0.1, -0.05) is 18.2 Å². The Morgan fingerprint density at radius 1 is 1.33 bits per heavy atom. The number of thiophene rings is 1. The summed E-state index contributed by atoms with van der Waals surface area (Å²) in [6.07, 6.45) is 9.96. The van der Waals surface area contributed by atoms with Crippen molar-refractivity contribution >= 4 is 23.0 Å². The van der Waals surface area contributed by atoms with Crippen molar-refractivity contribution in [3.63, 3.8) is 0 Å². The lowest BCUT2D eigenvalue weighted by Gasteiger charge is -2.04. The Bertz CT molecular complexity index is 497. The number of rotatable bonds is 0. The normalized spacial score (nSPS) is 18.3. The standard InChI is InChI=1S/C11H8S/c1-2-4-9-8(3-1)7-11-10(9)5-6-12-11/h1-3,5-7H,4H2. The van der Waals surface area contributed by atoms with Crippen LogP contribution in [0.3, 0.4) is 0 Å². The molecule has 1 heteroatoms. The Hall–Kier alpha value is -1.08. The molecular weight excluding hydrogens is 164 g/mol. The van der Waals surface area contributed by atoms with Crippen LogP contribution >= 0.6 is 11.3 Å². The molecule has 0 spiro atoms. The number of hydrogen-bond donors (Lipinski definition) is 0. The molecule has 0 radical (unpaired) electrons. The average molecular weight is 172 g/mol.